The van der Waals surface area contributed by atoms with Crippen LogP contribution in [-0.2, 0) is 11.0 Å². The van der Waals surface area contributed by atoms with Crippen molar-refractivity contribution in [2.75, 3.05) is 37.6 Å². The molecule has 1 amide bonds. The van der Waals surface area contributed by atoms with Crippen LogP contribution >= 0.6 is 11.6 Å². The zero-order valence-electron chi connectivity index (χ0n) is 17.6. The third-order valence-corrected chi connectivity index (χ3v) is 6.52. The first-order valence-electron chi connectivity index (χ1n) is 10.9. The zero-order chi connectivity index (χ0) is 22.7. The smallest absolute Gasteiger partial charge is 0.417 e. The van der Waals surface area contributed by atoms with Crippen molar-refractivity contribution in [3.8, 4) is 0 Å². The number of hydrogen-bond donors (Lipinski definition) is 1. The lowest BCUT2D eigenvalue weighted by Gasteiger charge is -2.33. The van der Waals surface area contributed by atoms with Crippen molar-refractivity contribution >= 4 is 23.3 Å². The molecule has 0 bridgehead atoms. The summed E-state index contributed by atoms with van der Waals surface area (Å²) in [6.45, 7) is 3.47. The van der Waals surface area contributed by atoms with E-state index in [0.717, 1.165) is 44.0 Å². The molecule has 2 aliphatic heterocycles. The predicted octanol–water partition coefficient (Wildman–Crippen LogP) is 4.52. The molecule has 0 aromatic carbocycles. The number of anilines is 1. The lowest BCUT2D eigenvalue weighted by Crippen LogP contribution is -2.43. The number of amides is 1. The van der Waals surface area contributed by atoms with E-state index in [1.54, 1.807) is 6.26 Å². The summed E-state index contributed by atoms with van der Waals surface area (Å²) in [5, 5.41) is 3.05. The van der Waals surface area contributed by atoms with Crippen LogP contribution < -0.4 is 10.2 Å². The lowest BCUT2D eigenvalue weighted by atomic mass is 9.95. The van der Waals surface area contributed by atoms with Gasteiger partial charge in [-0.1, -0.05) is 11.6 Å². The van der Waals surface area contributed by atoms with Crippen LogP contribution in [0.5, 0.6) is 0 Å². The van der Waals surface area contributed by atoms with Gasteiger partial charge in [0.1, 0.15) is 11.6 Å². The molecule has 32 heavy (non-hydrogen) atoms. The van der Waals surface area contributed by atoms with Gasteiger partial charge in [-0.2, -0.15) is 13.2 Å². The Morgan fingerprint density at radius 2 is 1.97 bits per heavy atom. The van der Waals surface area contributed by atoms with E-state index in [1.165, 1.54) is 0 Å². The number of hydrogen-bond acceptors (Lipinski definition) is 5. The van der Waals surface area contributed by atoms with Gasteiger partial charge in [0.2, 0.25) is 5.91 Å². The average Bonchev–Trinajstić information content (AvgIpc) is 3.48. The maximum absolute atomic E-state index is 12.8. The quantitative estimate of drug-likeness (QED) is 0.672. The summed E-state index contributed by atoms with van der Waals surface area (Å²) in [6, 6.07) is 4.72. The fraction of sp³-hybridized carbons (Fsp3) is 0.545. The maximum atomic E-state index is 12.8. The Morgan fingerprint density at radius 3 is 2.56 bits per heavy atom. The number of furan rings is 1. The highest BCUT2D eigenvalue weighted by Crippen LogP contribution is 2.34. The molecule has 2 aromatic heterocycles. The summed E-state index contributed by atoms with van der Waals surface area (Å²) in [6.07, 6.45) is 1.42. The number of alkyl halides is 3. The second-order valence-corrected chi connectivity index (χ2v) is 8.72. The van der Waals surface area contributed by atoms with Crippen molar-refractivity contribution in [1.82, 2.24) is 15.2 Å². The third-order valence-electron chi connectivity index (χ3n) is 6.24. The van der Waals surface area contributed by atoms with Crippen LogP contribution in [0.15, 0.2) is 35.1 Å². The fourth-order valence-corrected chi connectivity index (χ4v) is 4.74. The maximum Gasteiger partial charge on any atom is 0.417 e. The van der Waals surface area contributed by atoms with Gasteiger partial charge in [-0.25, -0.2) is 4.98 Å². The highest BCUT2D eigenvalue weighted by Gasteiger charge is 2.33. The van der Waals surface area contributed by atoms with Crippen LogP contribution in [-0.4, -0.2) is 48.5 Å². The number of rotatable bonds is 6. The molecule has 0 aliphatic carbocycles. The summed E-state index contributed by atoms with van der Waals surface area (Å²) in [5.41, 5.74) is -0.871. The number of piperidine rings is 1. The van der Waals surface area contributed by atoms with Gasteiger partial charge in [0, 0.05) is 31.7 Å². The Hall–Kier alpha value is -2.26. The summed E-state index contributed by atoms with van der Waals surface area (Å²) in [4.78, 5) is 20.9. The first-order valence-corrected chi connectivity index (χ1v) is 11.2. The summed E-state index contributed by atoms with van der Waals surface area (Å²) in [7, 11) is 0. The molecular formula is C22H26ClF3N4O2. The van der Waals surface area contributed by atoms with Crippen molar-refractivity contribution in [2.45, 2.75) is 37.9 Å². The van der Waals surface area contributed by atoms with Crippen LogP contribution in [0.2, 0.25) is 5.02 Å². The number of pyridine rings is 1. The van der Waals surface area contributed by atoms with E-state index in [-0.39, 0.29) is 22.9 Å². The number of halogens is 4. The Labute approximate surface area is 189 Å². The lowest BCUT2D eigenvalue weighted by molar-refractivity contribution is -0.137. The van der Waals surface area contributed by atoms with Gasteiger partial charge in [0.25, 0.3) is 0 Å². The first-order chi connectivity index (χ1) is 15.3. The largest absolute Gasteiger partial charge is 0.468 e. The molecule has 6 nitrogen and oxygen atoms in total. The zero-order valence-corrected chi connectivity index (χ0v) is 18.3. The average molecular weight is 471 g/mol. The molecule has 10 heteroatoms. The summed E-state index contributed by atoms with van der Waals surface area (Å²) < 4.78 is 44.1. The normalized spacial score (nSPS) is 19.3. The van der Waals surface area contributed by atoms with E-state index >= 15 is 0 Å². The molecule has 4 heterocycles. The minimum absolute atomic E-state index is 0.00752. The third kappa shape index (κ3) is 5.20. The number of nitrogens with zero attached hydrogens (tertiary/aromatic N) is 3. The number of nitrogens with one attached hydrogen (secondary N) is 1. The van der Waals surface area contributed by atoms with Gasteiger partial charge in [-0.15, -0.1) is 0 Å². The number of likely N-dealkylation sites (tertiary alicyclic amines) is 1. The molecular weight excluding hydrogens is 445 g/mol. The Kier molecular flexibility index (Phi) is 6.95. The highest BCUT2D eigenvalue weighted by molar-refractivity contribution is 6.33. The Bertz CT molecular complexity index is 908. The van der Waals surface area contributed by atoms with Crippen LogP contribution in [0.4, 0.5) is 19.0 Å². The molecule has 1 atom stereocenters. The summed E-state index contributed by atoms with van der Waals surface area (Å²) in [5.74, 6) is 1.01. The van der Waals surface area contributed by atoms with Crippen molar-refractivity contribution in [1.29, 1.82) is 0 Å². The Morgan fingerprint density at radius 1 is 1.25 bits per heavy atom. The van der Waals surface area contributed by atoms with Crippen molar-refractivity contribution < 1.29 is 22.4 Å². The van der Waals surface area contributed by atoms with E-state index in [0.29, 0.717) is 38.3 Å². The molecule has 1 N–H and O–H groups in total. The molecule has 2 aromatic rings. The van der Waals surface area contributed by atoms with Crippen LogP contribution in [0, 0.1) is 5.92 Å². The van der Waals surface area contributed by atoms with E-state index in [4.69, 9.17) is 16.0 Å². The number of carbonyl (C=O) groups is 1. The van der Waals surface area contributed by atoms with E-state index in [1.807, 2.05) is 17.0 Å². The molecule has 2 fully saturated rings. The van der Waals surface area contributed by atoms with Gasteiger partial charge in [-0.3, -0.25) is 9.69 Å². The molecule has 4 rings (SSSR count). The van der Waals surface area contributed by atoms with Crippen molar-refractivity contribution in [3.63, 3.8) is 0 Å². The number of carbonyl (C=O) groups excluding carboxylic acids is 1. The van der Waals surface area contributed by atoms with Gasteiger partial charge < -0.3 is 14.6 Å². The van der Waals surface area contributed by atoms with E-state index in [9.17, 15) is 18.0 Å². The van der Waals surface area contributed by atoms with E-state index < -0.39 is 11.7 Å². The predicted molar refractivity (Wildman–Crippen MR) is 114 cm³/mol. The topological polar surface area (TPSA) is 61.6 Å². The van der Waals surface area contributed by atoms with Gasteiger partial charge >= 0.3 is 6.18 Å². The second-order valence-electron chi connectivity index (χ2n) is 8.31. The van der Waals surface area contributed by atoms with Gasteiger partial charge in [0.05, 0.1) is 22.9 Å². The second kappa shape index (κ2) is 9.70. The molecule has 0 saturated carbocycles. The fourth-order valence-electron chi connectivity index (χ4n) is 4.46. The monoisotopic (exact) mass is 470 g/mol. The molecule has 0 radical (unpaired) electrons. The highest BCUT2D eigenvalue weighted by atomic mass is 35.5. The Balaban J connectivity index is 1.31. The number of aromatic nitrogens is 1. The molecule has 0 spiro atoms. The van der Waals surface area contributed by atoms with Crippen LogP contribution in [0.1, 0.15) is 43.0 Å². The van der Waals surface area contributed by atoms with Crippen molar-refractivity contribution in [2.24, 2.45) is 5.92 Å². The standard InChI is InChI=1S/C22H26ClF3N4O2/c23-17-12-16(22(24,25)26)13-27-20(17)30-9-5-15(6-10-30)21(31)28-14-18(19-4-3-11-32-19)29-7-1-2-8-29/h3-4,11-13,15,18H,1-2,5-10,14H2,(H,28,31)/t18-/m0/s1. The molecule has 174 valence electrons. The van der Waals surface area contributed by atoms with E-state index in [2.05, 4.69) is 15.2 Å². The SMILES string of the molecule is O=C(NC[C@@H](c1ccco1)N1CCCC1)C1CCN(c2ncc(C(F)(F)F)cc2Cl)CC1. The molecule has 0 unspecified atom stereocenters. The summed E-state index contributed by atoms with van der Waals surface area (Å²) >= 11 is 6.07. The van der Waals surface area contributed by atoms with Gasteiger partial charge in [0.15, 0.2) is 0 Å². The van der Waals surface area contributed by atoms with Gasteiger partial charge in [-0.05, 0) is 57.0 Å². The minimum atomic E-state index is -4.48. The minimum Gasteiger partial charge on any atom is -0.468 e. The van der Waals surface area contributed by atoms with Crippen LogP contribution in [0.3, 0.4) is 0 Å². The van der Waals surface area contributed by atoms with Crippen LogP contribution in [0.25, 0.3) is 0 Å². The molecule has 2 aliphatic rings. The first kappa shape index (κ1) is 22.9. The molecule has 2 saturated heterocycles. The van der Waals surface area contributed by atoms with Crippen molar-refractivity contribution in [3.05, 3.63) is 47.0 Å².